The van der Waals surface area contributed by atoms with Gasteiger partial charge in [-0.25, -0.2) is 9.59 Å². The van der Waals surface area contributed by atoms with Crippen molar-refractivity contribution in [3.63, 3.8) is 0 Å². The van der Waals surface area contributed by atoms with Crippen molar-refractivity contribution in [2.75, 3.05) is 18.4 Å². The first kappa shape index (κ1) is 15.9. The molecular formula is C18H22N4O3. The molecule has 1 saturated carbocycles. The smallest absolute Gasteiger partial charge is 0.324 e. The van der Waals surface area contributed by atoms with Crippen LogP contribution in [0.15, 0.2) is 27.8 Å². The van der Waals surface area contributed by atoms with Crippen molar-refractivity contribution in [1.82, 2.24) is 14.0 Å². The zero-order valence-corrected chi connectivity index (χ0v) is 14.5. The Morgan fingerprint density at radius 2 is 1.88 bits per heavy atom. The lowest BCUT2D eigenvalue weighted by molar-refractivity contribution is 0.144. The molecule has 0 atom stereocenters. The normalized spacial score (nSPS) is 18.6. The van der Waals surface area contributed by atoms with Crippen molar-refractivity contribution >= 4 is 22.6 Å². The molecule has 0 radical (unpaired) electrons. The molecule has 2 amide bonds. The lowest BCUT2D eigenvalue weighted by Gasteiger charge is -2.37. The van der Waals surface area contributed by atoms with Gasteiger partial charge in [-0.05, 0) is 42.9 Å². The van der Waals surface area contributed by atoms with Crippen molar-refractivity contribution in [3.8, 4) is 0 Å². The molecular weight excluding hydrogens is 320 g/mol. The first-order chi connectivity index (χ1) is 11.9. The molecule has 1 aromatic carbocycles. The summed E-state index contributed by atoms with van der Waals surface area (Å²) >= 11 is 0. The highest BCUT2D eigenvalue weighted by Gasteiger charge is 2.44. The van der Waals surface area contributed by atoms with Gasteiger partial charge in [-0.1, -0.05) is 6.42 Å². The van der Waals surface area contributed by atoms with Gasteiger partial charge in [0.2, 0.25) is 0 Å². The van der Waals surface area contributed by atoms with Crippen molar-refractivity contribution in [1.29, 1.82) is 0 Å². The number of anilines is 1. The van der Waals surface area contributed by atoms with E-state index in [0.717, 1.165) is 24.1 Å². The molecule has 25 heavy (non-hydrogen) atoms. The number of aryl methyl sites for hydroxylation is 1. The number of urea groups is 1. The number of nitrogens with zero attached hydrogens (tertiary/aromatic N) is 3. The number of fused-ring (bicyclic) bond motifs is 1. The van der Waals surface area contributed by atoms with Gasteiger partial charge in [-0.2, -0.15) is 0 Å². The second-order valence-electron chi connectivity index (χ2n) is 7.39. The Bertz CT molecular complexity index is 984. The van der Waals surface area contributed by atoms with Gasteiger partial charge in [-0.15, -0.1) is 0 Å². The average Bonchev–Trinajstić information content (AvgIpc) is 3.04. The van der Waals surface area contributed by atoms with E-state index in [9.17, 15) is 14.4 Å². The van der Waals surface area contributed by atoms with Crippen LogP contribution in [0, 0.1) is 5.41 Å². The molecule has 2 aromatic rings. The van der Waals surface area contributed by atoms with Crippen LogP contribution < -0.4 is 16.6 Å². The third-order valence-corrected chi connectivity index (χ3v) is 5.86. The maximum Gasteiger partial charge on any atom is 0.330 e. The molecule has 0 unspecified atom stereocenters. The molecule has 1 aliphatic heterocycles. The van der Waals surface area contributed by atoms with Gasteiger partial charge in [0.15, 0.2) is 0 Å². The number of rotatable bonds is 1. The molecule has 2 heterocycles. The van der Waals surface area contributed by atoms with E-state index in [1.807, 2.05) is 4.90 Å². The molecule has 4 rings (SSSR count). The maximum atomic E-state index is 12.5. The number of hydrogen-bond acceptors (Lipinski definition) is 3. The summed E-state index contributed by atoms with van der Waals surface area (Å²) in [6, 6.07) is 4.94. The molecule has 0 bridgehead atoms. The summed E-state index contributed by atoms with van der Waals surface area (Å²) in [6.07, 6.45) is 4.79. The Kier molecular flexibility index (Phi) is 3.49. The van der Waals surface area contributed by atoms with E-state index in [2.05, 4.69) is 5.32 Å². The molecule has 2 aliphatic rings. The van der Waals surface area contributed by atoms with E-state index in [-0.39, 0.29) is 17.3 Å². The van der Waals surface area contributed by atoms with Crippen LogP contribution in [0.2, 0.25) is 0 Å². The molecule has 1 saturated heterocycles. The van der Waals surface area contributed by atoms with Gasteiger partial charge in [0.25, 0.3) is 5.56 Å². The standard InChI is InChI=1S/C18H22N4O3/c1-20-14-10-12(4-5-13(14)15(23)21(2)17(20)25)19-16(24)22-9-8-18(11-22)6-3-7-18/h4-5,10H,3,6-9,11H2,1-2H3,(H,19,24). The predicted octanol–water partition coefficient (Wildman–Crippen LogP) is 1.65. The van der Waals surface area contributed by atoms with E-state index in [0.29, 0.717) is 22.0 Å². The highest BCUT2D eigenvalue weighted by atomic mass is 16.2. The van der Waals surface area contributed by atoms with Gasteiger partial charge in [0, 0.05) is 32.9 Å². The molecule has 2 fully saturated rings. The van der Waals surface area contributed by atoms with Crippen LogP contribution in [0.1, 0.15) is 25.7 Å². The van der Waals surface area contributed by atoms with Gasteiger partial charge < -0.3 is 10.2 Å². The Balaban J connectivity index is 1.61. The minimum atomic E-state index is -0.382. The minimum absolute atomic E-state index is 0.114. The highest BCUT2D eigenvalue weighted by molar-refractivity contribution is 5.92. The van der Waals surface area contributed by atoms with E-state index in [1.54, 1.807) is 25.2 Å². The zero-order chi connectivity index (χ0) is 17.8. The number of hydrogen-bond donors (Lipinski definition) is 1. The number of carbonyl (C=O) groups excluding carboxylic acids is 1. The molecule has 1 aliphatic carbocycles. The van der Waals surface area contributed by atoms with Crippen LogP contribution in [0.4, 0.5) is 10.5 Å². The summed E-state index contributed by atoms with van der Waals surface area (Å²) in [5.74, 6) is 0. The summed E-state index contributed by atoms with van der Waals surface area (Å²) in [5, 5.41) is 3.36. The number of aromatic nitrogens is 2. The monoisotopic (exact) mass is 342 g/mol. The lowest BCUT2D eigenvalue weighted by atomic mass is 9.68. The number of benzene rings is 1. The number of nitrogens with one attached hydrogen (secondary N) is 1. The Hall–Kier alpha value is -2.57. The molecule has 7 heteroatoms. The Morgan fingerprint density at radius 3 is 2.52 bits per heavy atom. The fraction of sp³-hybridized carbons (Fsp3) is 0.500. The first-order valence-electron chi connectivity index (χ1n) is 8.66. The lowest BCUT2D eigenvalue weighted by Crippen LogP contribution is -2.38. The molecule has 1 spiro atoms. The second kappa shape index (κ2) is 5.47. The summed E-state index contributed by atoms with van der Waals surface area (Å²) in [4.78, 5) is 38.7. The van der Waals surface area contributed by atoms with E-state index >= 15 is 0 Å². The van der Waals surface area contributed by atoms with Crippen LogP contribution in [0.3, 0.4) is 0 Å². The Morgan fingerprint density at radius 1 is 1.12 bits per heavy atom. The zero-order valence-electron chi connectivity index (χ0n) is 14.5. The topological polar surface area (TPSA) is 76.3 Å². The fourth-order valence-electron chi connectivity index (χ4n) is 4.06. The summed E-state index contributed by atoms with van der Waals surface area (Å²) in [6.45, 7) is 1.61. The SMILES string of the molecule is Cn1c(=O)c2ccc(NC(=O)N3CCC4(CCC4)C3)cc2n(C)c1=O. The van der Waals surface area contributed by atoms with E-state index in [1.165, 1.54) is 30.9 Å². The van der Waals surface area contributed by atoms with Crippen molar-refractivity contribution < 1.29 is 4.79 Å². The number of carbonyl (C=O) groups is 1. The van der Waals surface area contributed by atoms with Crippen LogP contribution in [-0.2, 0) is 14.1 Å². The summed E-state index contributed by atoms with van der Waals surface area (Å²) in [7, 11) is 3.08. The first-order valence-corrected chi connectivity index (χ1v) is 8.66. The number of amides is 2. The molecule has 1 aromatic heterocycles. The maximum absolute atomic E-state index is 12.5. The summed E-state index contributed by atoms with van der Waals surface area (Å²) < 4.78 is 2.51. The van der Waals surface area contributed by atoms with Crippen molar-refractivity contribution in [2.24, 2.45) is 19.5 Å². The largest absolute Gasteiger partial charge is 0.330 e. The summed E-state index contributed by atoms with van der Waals surface area (Å²) in [5.41, 5.74) is 0.754. The highest BCUT2D eigenvalue weighted by Crippen LogP contribution is 2.47. The van der Waals surface area contributed by atoms with Crippen molar-refractivity contribution in [3.05, 3.63) is 39.0 Å². The Labute approximate surface area is 144 Å². The van der Waals surface area contributed by atoms with E-state index in [4.69, 9.17) is 0 Å². The third-order valence-electron chi connectivity index (χ3n) is 5.86. The molecule has 7 nitrogen and oxygen atoms in total. The third kappa shape index (κ3) is 2.45. The van der Waals surface area contributed by atoms with Gasteiger partial charge in [0.05, 0.1) is 10.9 Å². The molecule has 132 valence electrons. The minimum Gasteiger partial charge on any atom is -0.324 e. The second-order valence-corrected chi connectivity index (χ2v) is 7.39. The van der Waals surface area contributed by atoms with Gasteiger partial charge in [0.1, 0.15) is 0 Å². The average molecular weight is 342 g/mol. The van der Waals surface area contributed by atoms with Gasteiger partial charge >= 0.3 is 11.7 Å². The quantitative estimate of drug-likeness (QED) is 0.856. The van der Waals surface area contributed by atoms with Crippen LogP contribution in [-0.4, -0.2) is 33.2 Å². The number of likely N-dealkylation sites (tertiary alicyclic amines) is 1. The van der Waals surface area contributed by atoms with Crippen LogP contribution >= 0.6 is 0 Å². The van der Waals surface area contributed by atoms with Crippen LogP contribution in [0.25, 0.3) is 10.9 Å². The molecule has 1 N–H and O–H groups in total. The predicted molar refractivity (Wildman–Crippen MR) is 95.9 cm³/mol. The van der Waals surface area contributed by atoms with E-state index < -0.39 is 0 Å². The van der Waals surface area contributed by atoms with Gasteiger partial charge in [-0.3, -0.25) is 13.9 Å². The van der Waals surface area contributed by atoms with Crippen molar-refractivity contribution in [2.45, 2.75) is 25.7 Å². The fourth-order valence-corrected chi connectivity index (χ4v) is 4.06. The van der Waals surface area contributed by atoms with Crippen LogP contribution in [0.5, 0.6) is 0 Å².